The maximum absolute atomic E-state index is 13.0. The molecule has 3 heterocycles. The summed E-state index contributed by atoms with van der Waals surface area (Å²) < 4.78 is 5.38. The van der Waals surface area contributed by atoms with Gasteiger partial charge in [-0.05, 0) is 44.6 Å². The van der Waals surface area contributed by atoms with Gasteiger partial charge in [-0.15, -0.1) is 0 Å². The molecule has 1 aromatic rings. The lowest BCUT2D eigenvalue weighted by Gasteiger charge is -2.40. The maximum atomic E-state index is 13.0. The van der Waals surface area contributed by atoms with Gasteiger partial charge in [0, 0.05) is 38.1 Å². The Bertz CT molecular complexity index is 497. The largest absolute Gasteiger partial charge is 0.378 e. The molecule has 3 rings (SSSR count). The number of carbonyl (C=O) groups excluding carboxylic acids is 1. The highest BCUT2D eigenvalue weighted by atomic mass is 16.5. The van der Waals surface area contributed by atoms with E-state index in [0.29, 0.717) is 38.9 Å². The summed E-state index contributed by atoms with van der Waals surface area (Å²) in [4.78, 5) is 23.5. The van der Waals surface area contributed by atoms with Crippen molar-refractivity contribution in [3.63, 3.8) is 0 Å². The lowest BCUT2D eigenvalue weighted by Crippen LogP contribution is -2.53. The van der Waals surface area contributed by atoms with Crippen molar-refractivity contribution in [2.24, 2.45) is 0 Å². The molecule has 2 aliphatic heterocycles. The topological polar surface area (TPSA) is 48.9 Å². The van der Waals surface area contributed by atoms with Crippen LogP contribution < -0.4 is 0 Å². The van der Waals surface area contributed by atoms with E-state index < -0.39 is 0 Å². The minimum absolute atomic E-state index is 0.145. The summed E-state index contributed by atoms with van der Waals surface area (Å²) in [6.45, 7) is 5.39. The smallest absolute Gasteiger partial charge is 0.320 e. The molecule has 0 bridgehead atoms. The first-order valence-electron chi connectivity index (χ1n) is 8.45. The summed E-state index contributed by atoms with van der Waals surface area (Å²) in [5.41, 5.74) is 1.09. The first-order valence-corrected chi connectivity index (χ1v) is 8.45. The average Bonchev–Trinajstić information content (AvgIpc) is 2.62. The van der Waals surface area contributed by atoms with Gasteiger partial charge >= 0.3 is 6.03 Å². The third-order valence-corrected chi connectivity index (χ3v) is 4.73. The van der Waals surface area contributed by atoms with Crippen molar-refractivity contribution >= 4 is 6.03 Å². The van der Waals surface area contributed by atoms with Gasteiger partial charge in [0.05, 0.1) is 13.2 Å². The molecule has 0 saturated carbocycles. The Morgan fingerprint density at radius 1 is 1.30 bits per heavy atom. The molecule has 0 aromatic carbocycles. The Kier molecular flexibility index (Phi) is 5.46. The van der Waals surface area contributed by atoms with Gasteiger partial charge in [-0.2, -0.15) is 0 Å². The molecule has 0 aliphatic carbocycles. The Morgan fingerprint density at radius 2 is 2.04 bits per heavy atom. The van der Waals surface area contributed by atoms with Crippen LogP contribution in [0.3, 0.4) is 0 Å². The van der Waals surface area contributed by atoms with Crippen LogP contribution in [0.5, 0.6) is 0 Å². The molecule has 2 aliphatic rings. The number of hydrogen-bond acceptors (Lipinski definition) is 4. The van der Waals surface area contributed by atoms with Crippen LogP contribution in [0.15, 0.2) is 24.5 Å². The van der Waals surface area contributed by atoms with E-state index in [-0.39, 0.29) is 6.03 Å². The zero-order valence-electron chi connectivity index (χ0n) is 13.9. The van der Waals surface area contributed by atoms with Crippen LogP contribution in [0.2, 0.25) is 0 Å². The van der Waals surface area contributed by atoms with E-state index in [0.717, 1.165) is 31.5 Å². The number of amides is 2. The summed E-state index contributed by atoms with van der Waals surface area (Å²) in [7, 11) is 2.14. The summed E-state index contributed by atoms with van der Waals surface area (Å²) in [5.74, 6) is 0. The predicted molar refractivity (Wildman–Crippen MR) is 88.1 cm³/mol. The zero-order valence-corrected chi connectivity index (χ0v) is 13.9. The number of rotatable bonds is 3. The standard InChI is InChI=1S/C17H26N4O2/c1-19-7-4-16(5-8-19)21(14-15-3-2-6-18-13-15)17(22)20-9-11-23-12-10-20/h2-3,6,13,16H,4-5,7-12,14H2,1H3. The number of likely N-dealkylation sites (tertiary alicyclic amines) is 1. The van der Waals surface area contributed by atoms with Gasteiger partial charge in [-0.25, -0.2) is 4.79 Å². The number of ether oxygens (including phenoxy) is 1. The van der Waals surface area contributed by atoms with Gasteiger partial charge in [-0.3, -0.25) is 4.98 Å². The minimum Gasteiger partial charge on any atom is -0.378 e. The number of urea groups is 1. The van der Waals surface area contributed by atoms with Gasteiger partial charge in [0.2, 0.25) is 0 Å². The predicted octanol–water partition coefficient (Wildman–Crippen LogP) is 1.43. The summed E-state index contributed by atoms with van der Waals surface area (Å²) in [6, 6.07) is 4.43. The van der Waals surface area contributed by atoms with Crippen molar-refractivity contribution < 1.29 is 9.53 Å². The van der Waals surface area contributed by atoms with E-state index in [4.69, 9.17) is 4.74 Å². The van der Waals surface area contributed by atoms with E-state index in [1.54, 1.807) is 6.20 Å². The molecule has 0 spiro atoms. The van der Waals surface area contributed by atoms with Crippen molar-refractivity contribution in [3.8, 4) is 0 Å². The van der Waals surface area contributed by atoms with Crippen LogP contribution in [0.25, 0.3) is 0 Å². The number of aromatic nitrogens is 1. The molecule has 2 fully saturated rings. The summed E-state index contributed by atoms with van der Waals surface area (Å²) >= 11 is 0. The summed E-state index contributed by atoms with van der Waals surface area (Å²) in [6.07, 6.45) is 5.70. The van der Waals surface area contributed by atoms with E-state index in [1.165, 1.54) is 0 Å². The number of hydrogen-bond donors (Lipinski definition) is 0. The molecule has 23 heavy (non-hydrogen) atoms. The first kappa shape index (κ1) is 16.2. The lowest BCUT2D eigenvalue weighted by molar-refractivity contribution is 0.0335. The van der Waals surface area contributed by atoms with E-state index in [2.05, 4.69) is 21.8 Å². The van der Waals surface area contributed by atoms with Gasteiger partial charge < -0.3 is 19.4 Å². The fourth-order valence-electron chi connectivity index (χ4n) is 3.28. The highest BCUT2D eigenvalue weighted by molar-refractivity contribution is 5.75. The van der Waals surface area contributed by atoms with Crippen LogP contribution in [0, 0.1) is 0 Å². The lowest BCUT2D eigenvalue weighted by atomic mass is 10.0. The van der Waals surface area contributed by atoms with Gasteiger partial charge in [-0.1, -0.05) is 6.07 Å². The number of carbonyl (C=O) groups is 1. The van der Waals surface area contributed by atoms with Crippen LogP contribution >= 0.6 is 0 Å². The Balaban J connectivity index is 1.73. The second-order valence-corrected chi connectivity index (χ2v) is 6.41. The van der Waals surface area contributed by atoms with Crippen LogP contribution in [0.4, 0.5) is 4.79 Å². The highest BCUT2D eigenvalue weighted by Crippen LogP contribution is 2.20. The second kappa shape index (κ2) is 7.75. The van der Waals surface area contributed by atoms with Crippen molar-refractivity contribution in [1.29, 1.82) is 0 Å². The van der Waals surface area contributed by atoms with Crippen LogP contribution in [0.1, 0.15) is 18.4 Å². The molecular formula is C17H26N4O2. The monoisotopic (exact) mass is 318 g/mol. The van der Waals surface area contributed by atoms with Gasteiger partial charge in [0.1, 0.15) is 0 Å². The zero-order chi connectivity index (χ0) is 16.1. The number of nitrogens with zero attached hydrogens (tertiary/aromatic N) is 4. The molecule has 1 aromatic heterocycles. The van der Waals surface area contributed by atoms with Crippen molar-refractivity contribution in [1.82, 2.24) is 19.7 Å². The fourth-order valence-corrected chi connectivity index (χ4v) is 3.28. The third-order valence-electron chi connectivity index (χ3n) is 4.73. The van der Waals surface area contributed by atoms with Crippen LogP contribution in [-0.4, -0.2) is 78.2 Å². The molecule has 6 nitrogen and oxygen atoms in total. The molecule has 2 amide bonds. The molecule has 0 radical (unpaired) electrons. The van der Waals surface area contributed by atoms with Crippen molar-refractivity contribution in [3.05, 3.63) is 30.1 Å². The van der Waals surface area contributed by atoms with E-state index in [9.17, 15) is 4.79 Å². The van der Waals surface area contributed by atoms with Crippen molar-refractivity contribution in [2.75, 3.05) is 46.4 Å². The Hall–Kier alpha value is -1.66. The maximum Gasteiger partial charge on any atom is 0.320 e. The first-order chi connectivity index (χ1) is 11.2. The van der Waals surface area contributed by atoms with Crippen LogP contribution in [-0.2, 0) is 11.3 Å². The SMILES string of the molecule is CN1CCC(N(Cc2cccnc2)C(=O)N2CCOCC2)CC1. The Labute approximate surface area is 138 Å². The fraction of sp³-hybridized carbons (Fsp3) is 0.647. The molecule has 0 unspecified atom stereocenters. The minimum atomic E-state index is 0.145. The number of morpholine rings is 1. The highest BCUT2D eigenvalue weighted by Gasteiger charge is 2.30. The molecular weight excluding hydrogens is 292 g/mol. The quantitative estimate of drug-likeness (QED) is 0.846. The number of pyridine rings is 1. The third kappa shape index (κ3) is 4.20. The van der Waals surface area contributed by atoms with Gasteiger partial charge in [0.15, 0.2) is 0 Å². The molecule has 0 atom stereocenters. The van der Waals surface area contributed by atoms with E-state index >= 15 is 0 Å². The normalized spacial score (nSPS) is 20.5. The summed E-state index contributed by atoms with van der Waals surface area (Å²) in [5, 5.41) is 0. The molecule has 2 saturated heterocycles. The Morgan fingerprint density at radius 3 is 2.70 bits per heavy atom. The van der Waals surface area contributed by atoms with E-state index in [1.807, 2.05) is 23.2 Å². The molecule has 126 valence electrons. The molecule has 6 heteroatoms. The average molecular weight is 318 g/mol. The molecule has 0 N–H and O–H groups in total. The van der Waals surface area contributed by atoms with Gasteiger partial charge in [0.25, 0.3) is 0 Å². The van der Waals surface area contributed by atoms with Crippen molar-refractivity contribution in [2.45, 2.75) is 25.4 Å². The number of piperidine rings is 1. The second-order valence-electron chi connectivity index (χ2n) is 6.41.